The number of fused-ring (bicyclic) bond motifs is 1. The zero-order chi connectivity index (χ0) is 13.1. The largest absolute Gasteiger partial charge is 0.359 e. The predicted molar refractivity (Wildman–Crippen MR) is 72.7 cm³/mol. The molecule has 0 spiro atoms. The molecule has 96 valence electrons. The van der Waals surface area contributed by atoms with Crippen LogP contribution in [0, 0.1) is 6.92 Å². The molecule has 2 aromatic rings. The van der Waals surface area contributed by atoms with Crippen LogP contribution in [-0.4, -0.2) is 22.5 Å². The Morgan fingerprint density at radius 3 is 2.94 bits per heavy atom. The fourth-order valence-electron chi connectivity index (χ4n) is 2.03. The first-order valence-electron chi connectivity index (χ1n) is 5.88. The second kappa shape index (κ2) is 5.40. The molecule has 0 radical (unpaired) electrons. The SMILES string of the molecule is CNC(=O)CCn1c(CCl)nc2c(C)cccc21. The first-order chi connectivity index (χ1) is 8.67. The number of hydrogen-bond acceptors (Lipinski definition) is 2. The lowest BCUT2D eigenvalue weighted by atomic mass is 10.2. The molecule has 5 heteroatoms. The number of nitrogens with one attached hydrogen (secondary N) is 1. The van der Waals surface area contributed by atoms with E-state index in [0.29, 0.717) is 18.8 Å². The van der Waals surface area contributed by atoms with E-state index < -0.39 is 0 Å². The van der Waals surface area contributed by atoms with Crippen molar-refractivity contribution in [2.45, 2.75) is 25.8 Å². The third-order valence-corrected chi connectivity index (χ3v) is 3.26. The molecule has 18 heavy (non-hydrogen) atoms. The number of para-hydroxylation sites is 1. The van der Waals surface area contributed by atoms with Gasteiger partial charge in [0, 0.05) is 20.0 Å². The van der Waals surface area contributed by atoms with Crippen molar-refractivity contribution < 1.29 is 4.79 Å². The van der Waals surface area contributed by atoms with E-state index >= 15 is 0 Å². The summed E-state index contributed by atoms with van der Waals surface area (Å²) in [6.45, 7) is 2.62. The summed E-state index contributed by atoms with van der Waals surface area (Å²) in [7, 11) is 1.64. The van der Waals surface area contributed by atoms with Gasteiger partial charge in [0.2, 0.25) is 5.91 Å². The molecule has 0 aliphatic carbocycles. The molecule has 0 unspecified atom stereocenters. The summed E-state index contributed by atoms with van der Waals surface area (Å²) >= 11 is 5.92. The molecule has 0 atom stereocenters. The summed E-state index contributed by atoms with van der Waals surface area (Å²) in [5.41, 5.74) is 3.12. The van der Waals surface area contributed by atoms with Crippen LogP contribution in [0.1, 0.15) is 17.8 Å². The van der Waals surface area contributed by atoms with Gasteiger partial charge in [-0.25, -0.2) is 4.98 Å². The zero-order valence-corrected chi connectivity index (χ0v) is 11.3. The van der Waals surface area contributed by atoms with Gasteiger partial charge in [0.1, 0.15) is 5.82 Å². The van der Waals surface area contributed by atoms with Crippen molar-refractivity contribution in [1.82, 2.24) is 14.9 Å². The van der Waals surface area contributed by atoms with E-state index in [1.54, 1.807) is 7.05 Å². The summed E-state index contributed by atoms with van der Waals surface area (Å²) in [4.78, 5) is 15.9. The highest BCUT2D eigenvalue weighted by molar-refractivity contribution is 6.16. The minimum Gasteiger partial charge on any atom is -0.359 e. The van der Waals surface area contributed by atoms with Crippen LogP contribution in [0.25, 0.3) is 11.0 Å². The second-order valence-electron chi connectivity index (χ2n) is 4.18. The van der Waals surface area contributed by atoms with Crippen molar-refractivity contribution in [3.8, 4) is 0 Å². The van der Waals surface area contributed by atoms with Crippen LogP contribution in [-0.2, 0) is 17.2 Å². The van der Waals surface area contributed by atoms with Gasteiger partial charge in [-0.05, 0) is 18.6 Å². The van der Waals surface area contributed by atoms with E-state index in [9.17, 15) is 4.79 Å². The molecule has 0 fully saturated rings. The third-order valence-electron chi connectivity index (χ3n) is 3.02. The normalized spacial score (nSPS) is 10.8. The highest BCUT2D eigenvalue weighted by Crippen LogP contribution is 2.21. The molecule has 1 N–H and O–H groups in total. The second-order valence-corrected chi connectivity index (χ2v) is 4.45. The molecule has 1 heterocycles. The van der Waals surface area contributed by atoms with Crippen molar-refractivity contribution in [3.63, 3.8) is 0 Å². The molecule has 1 aromatic heterocycles. The minimum atomic E-state index is 0.0185. The van der Waals surface area contributed by atoms with E-state index in [1.807, 2.05) is 29.7 Å². The molecule has 0 saturated heterocycles. The topological polar surface area (TPSA) is 46.9 Å². The van der Waals surface area contributed by atoms with Crippen molar-refractivity contribution in [2.24, 2.45) is 0 Å². The van der Waals surface area contributed by atoms with Gasteiger partial charge in [0.05, 0.1) is 16.9 Å². The molecule has 4 nitrogen and oxygen atoms in total. The van der Waals surface area contributed by atoms with Crippen LogP contribution in [0.15, 0.2) is 18.2 Å². The van der Waals surface area contributed by atoms with Gasteiger partial charge >= 0.3 is 0 Å². The average molecular weight is 266 g/mol. The average Bonchev–Trinajstić information content (AvgIpc) is 2.75. The predicted octanol–water partition coefficient (Wildman–Crippen LogP) is 2.22. The van der Waals surface area contributed by atoms with E-state index in [1.165, 1.54) is 0 Å². The molecular formula is C13H16ClN3O. The van der Waals surface area contributed by atoms with Gasteiger partial charge in [-0.15, -0.1) is 11.6 Å². The van der Waals surface area contributed by atoms with Gasteiger partial charge in [-0.3, -0.25) is 4.79 Å². The lowest BCUT2D eigenvalue weighted by Gasteiger charge is -2.07. The van der Waals surface area contributed by atoms with Crippen LogP contribution in [0.5, 0.6) is 0 Å². The summed E-state index contributed by atoms with van der Waals surface area (Å²) < 4.78 is 2.02. The van der Waals surface area contributed by atoms with Gasteiger partial charge in [0.25, 0.3) is 0 Å². The maximum absolute atomic E-state index is 11.3. The van der Waals surface area contributed by atoms with Crippen LogP contribution < -0.4 is 5.32 Å². The minimum absolute atomic E-state index is 0.0185. The molecule has 2 rings (SSSR count). The summed E-state index contributed by atoms with van der Waals surface area (Å²) in [5.74, 6) is 1.18. The van der Waals surface area contributed by atoms with Crippen LogP contribution in [0.3, 0.4) is 0 Å². The standard InChI is InChI=1S/C13H16ClN3O/c1-9-4-3-5-10-13(9)16-11(8-14)17(10)7-6-12(18)15-2/h3-5H,6-8H2,1-2H3,(H,15,18). The lowest BCUT2D eigenvalue weighted by Crippen LogP contribution is -2.19. The highest BCUT2D eigenvalue weighted by atomic mass is 35.5. The number of carbonyl (C=O) groups is 1. The fraction of sp³-hybridized carbons (Fsp3) is 0.385. The number of hydrogen-bond donors (Lipinski definition) is 1. The Kier molecular flexibility index (Phi) is 3.87. The Labute approximate surface area is 111 Å². The zero-order valence-electron chi connectivity index (χ0n) is 10.5. The van der Waals surface area contributed by atoms with E-state index in [-0.39, 0.29) is 5.91 Å². The lowest BCUT2D eigenvalue weighted by molar-refractivity contribution is -0.120. The number of imidazole rings is 1. The van der Waals surface area contributed by atoms with Crippen LogP contribution >= 0.6 is 11.6 Å². The summed E-state index contributed by atoms with van der Waals surface area (Å²) in [6.07, 6.45) is 0.430. The van der Waals surface area contributed by atoms with Crippen LogP contribution in [0.2, 0.25) is 0 Å². The number of halogens is 1. The van der Waals surface area contributed by atoms with Crippen LogP contribution in [0.4, 0.5) is 0 Å². The Bertz CT molecular complexity index is 577. The maximum Gasteiger partial charge on any atom is 0.221 e. The number of alkyl halides is 1. The van der Waals surface area contributed by atoms with E-state index in [0.717, 1.165) is 22.4 Å². The molecule has 0 saturated carbocycles. The molecule has 1 aromatic carbocycles. The quantitative estimate of drug-likeness (QED) is 0.862. The van der Waals surface area contributed by atoms with E-state index in [2.05, 4.69) is 10.3 Å². The number of benzene rings is 1. The smallest absolute Gasteiger partial charge is 0.221 e. The number of rotatable bonds is 4. The Morgan fingerprint density at radius 1 is 1.50 bits per heavy atom. The fourth-order valence-corrected chi connectivity index (χ4v) is 2.23. The molecule has 0 aliphatic heterocycles. The Balaban J connectivity index is 2.41. The van der Waals surface area contributed by atoms with Crippen molar-refractivity contribution >= 4 is 28.5 Å². The molecular weight excluding hydrogens is 250 g/mol. The first kappa shape index (κ1) is 12.9. The Morgan fingerprint density at radius 2 is 2.28 bits per heavy atom. The highest BCUT2D eigenvalue weighted by Gasteiger charge is 2.12. The molecule has 0 aliphatic rings. The monoisotopic (exact) mass is 265 g/mol. The van der Waals surface area contributed by atoms with E-state index in [4.69, 9.17) is 11.6 Å². The molecule has 1 amide bonds. The van der Waals surface area contributed by atoms with Crippen molar-refractivity contribution in [2.75, 3.05) is 7.05 Å². The summed E-state index contributed by atoms with van der Waals surface area (Å²) in [6, 6.07) is 6.03. The van der Waals surface area contributed by atoms with Crippen molar-refractivity contribution in [3.05, 3.63) is 29.6 Å². The first-order valence-corrected chi connectivity index (χ1v) is 6.42. The van der Waals surface area contributed by atoms with Gasteiger partial charge in [-0.1, -0.05) is 12.1 Å². The van der Waals surface area contributed by atoms with Gasteiger partial charge in [0.15, 0.2) is 0 Å². The number of aromatic nitrogens is 2. The number of carbonyl (C=O) groups excluding carboxylic acids is 1. The number of aryl methyl sites for hydroxylation is 2. The third kappa shape index (κ3) is 2.34. The van der Waals surface area contributed by atoms with Gasteiger partial charge in [-0.2, -0.15) is 0 Å². The Hall–Kier alpha value is -1.55. The van der Waals surface area contributed by atoms with Gasteiger partial charge < -0.3 is 9.88 Å². The molecule has 0 bridgehead atoms. The number of amides is 1. The maximum atomic E-state index is 11.3. The number of nitrogens with zero attached hydrogens (tertiary/aromatic N) is 2. The van der Waals surface area contributed by atoms with Crippen molar-refractivity contribution in [1.29, 1.82) is 0 Å². The summed E-state index contributed by atoms with van der Waals surface area (Å²) in [5, 5.41) is 2.62.